The van der Waals surface area contributed by atoms with Crippen LogP contribution < -0.4 is 10.6 Å². The van der Waals surface area contributed by atoms with Gasteiger partial charge in [0.15, 0.2) is 0 Å². The van der Waals surface area contributed by atoms with E-state index in [0.717, 1.165) is 10.6 Å². The van der Waals surface area contributed by atoms with E-state index in [-0.39, 0.29) is 24.2 Å². The number of aromatic nitrogens is 3. The topological polar surface area (TPSA) is 60.1 Å². The molecular formula is C15H18N4O2S. The van der Waals surface area contributed by atoms with Gasteiger partial charge in [0.2, 0.25) is 5.91 Å². The molecule has 1 aromatic carbocycles. The molecule has 116 valence electrons. The van der Waals surface area contributed by atoms with E-state index in [1.165, 1.54) is 15.6 Å². The van der Waals surface area contributed by atoms with Gasteiger partial charge < -0.3 is 4.90 Å². The van der Waals surface area contributed by atoms with Gasteiger partial charge in [0.05, 0.1) is 5.69 Å². The molecule has 1 aliphatic heterocycles. The zero-order chi connectivity index (χ0) is 15.9. The van der Waals surface area contributed by atoms with Crippen molar-refractivity contribution in [3.63, 3.8) is 0 Å². The van der Waals surface area contributed by atoms with Gasteiger partial charge in [0.25, 0.3) is 0 Å². The van der Waals surface area contributed by atoms with E-state index in [9.17, 15) is 9.59 Å². The molecule has 0 N–H and O–H groups in total. The number of hydrogen-bond donors (Lipinski definition) is 0. The minimum absolute atomic E-state index is 0.0459. The van der Waals surface area contributed by atoms with Crippen molar-refractivity contribution in [1.82, 2.24) is 14.3 Å². The summed E-state index contributed by atoms with van der Waals surface area (Å²) < 4.78 is 2.56. The molecule has 2 atom stereocenters. The lowest BCUT2D eigenvalue weighted by atomic mass is 10.1. The molecule has 0 bridgehead atoms. The van der Waals surface area contributed by atoms with Crippen LogP contribution in [0.3, 0.4) is 0 Å². The van der Waals surface area contributed by atoms with E-state index in [2.05, 4.69) is 12.0 Å². The Kier molecular flexibility index (Phi) is 3.82. The molecule has 6 nitrogen and oxygen atoms in total. The van der Waals surface area contributed by atoms with Crippen molar-refractivity contribution in [2.45, 2.75) is 36.6 Å². The number of benzene rings is 1. The highest BCUT2D eigenvalue weighted by molar-refractivity contribution is 8.00. The molecule has 0 fully saturated rings. The van der Waals surface area contributed by atoms with Crippen molar-refractivity contribution in [1.29, 1.82) is 0 Å². The zero-order valence-electron chi connectivity index (χ0n) is 12.8. The number of fused-ring (bicyclic) bond motifs is 1. The monoisotopic (exact) mass is 318 g/mol. The number of amides is 1. The summed E-state index contributed by atoms with van der Waals surface area (Å²) in [6.45, 7) is 4.10. The van der Waals surface area contributed by atoms with Crippen LogP contribution in [0.2, 0.25) is 0 Å². The highest BCUT2D eigenvalue weighted by atomic mass is 32.2. The van der Waals surface area contributed by atoms with Gasteiger partial charge in [0.1, 0.15) is 12.9 Å². The maximum Gasteiger partial charge on any atom is 0.345 e. The summed E-state index contributed by atoms with van der Waals surface area (Å²) in [6, 6.07) is 7.93. The third-order valence-corrected chi connectivity index (χ3v) is 5.33. The van der Waals surface area contributed by atoms with Crippen LogP contribution in [0.4, 0.5) is 5.69 Å². The van der Waals surface area contributed by atoms with E-state index in [0.29, 0.717) is 5.25 Å². The summed E-state index contributed by atoms with van der Waals surface area (Å²) in [6.07, 6.45) is 1.42. The Hall–Kier alpha value is -2.02. The van der Waals surface area contributed by atoms with E-state index < -0.39 is 0 Å². The minimum Gasteiger partial charge on any atom is -0.306 e. The lowest BCUT2D eigenvalue weighted by Gasteiger charge is -2.38. The molecule has 22 heavy (non-hydrogen) atoms. The van der Waals surface area contributed by atoms with Gasteiger partial charge in [-0.25, -0.2) is 9.48 Å². The second kappa shape index (κ2) is 5.64. The predicted molar refractivity (Wildman–Crippen MR) is 86.2 cm³/mol. The normalized spacial score (nSPS) is 20.8. The fourth-order valence-corrected chi connectivity index (χ4v) is 3.74. The number of para-hydroxylation sites is 1. The van der Waals surface area contributed by atoms with Gasteiger partial charge in [-0.05, 0) is 19.1 Å². The number of carbonyl (C=O) groups excluding carboxylic acids is 1. The molecule has 2 aromatic rings. The van der Waals surface area contributed by atoms with E-state index in [1.54, 1.807) is 23.7 Å². The molecule has 0 saturated heterocycles. The van der Waals surface area contributed by atoms with Crippen molar-refractivity contribution in [2.75, 3.05) is 4.90 Å². The average molecular weight is 318 g/mol. The fraction of sp³-hybridized carbons (Fsp3) is 0.400. The number of nitrogens with zero attached hydrogens (tertiary/aromatic N) is 4. The summed E-state index contributed by atoms with van der Waals surface area (Å²) in [4.78, 5) is 27.5. The first-order valence-electron chi connectivity index (χ1n) is 7.15. The van der Waals surface area contributed by atoms with Gasteiger partial charge in [-0.15, -0.1) is 11.8 Å². The molecule has 0 saturated carbocycles. The van der Waals surface area contributed by atoms with Crippen molar-refractivity contribution in [2.24, 2.45) is 7.05 Å². The third-order valence-electron chi connectivity index (χ3n) is 3.96. The Morgan fingerprint density at radius 1 is 1.32 bits per heavy atom. The Morgan fingerprint density at radius 2 is 2.05 bits per heavy atom. The number of hydrogen-bond acceptors (Lipinski definition) is 4. The maximum atomic E-state index is 12.8. The molecule has 3 rings (SSSR count). The molecule has 0 unspecified atom stereocenters. The van der Waals surface area contributed by atoms with Gasteiger partial charge in [0, 0.05) is 23.2 Å². The largest absolute Gasteiger partial charge is 0.345 e. The maximum absolute atomic E-state index is 12.8. The van der Waals surface area contributed by atoms with Crippen molar-refractivity contribution < 1.29 is 4.79 Å². The van der Waals surface area contributed by atoms with Gasteiger partial charge in [-0.3, -0.25) is 9.36 Å². The smallest absolute Gasteiger partial charge is 0.306 e. The molecule has 0 radical (unpaired) electrons. The number of carbonyl (C=O) groups is 1. The Balaban J connectivity index is 1.94. The van der Waals surface area contributed by atoms with Gasteiger partial charge in [-0.2, -0.15) is 5.10 Å². The summed E-state index contributed by atoms with van der Waals surface area (Å²) >= 11 is 1.77. The number of aryl methyl sites for hydroxylation is 1. The highest BCUT2D eigenvalue weighted by Gasteiger charge is 2.33. The molecule has 0 aliphatic carbocycles. The average Bonchev–Trinajstić information content (AvgIpc) is 2.80. The molecule has 1 aromatic heterocycles. The zero-order valence-corrected chi connectivity index (χ0v) is 13.6. The summed E-state index contributed by atoms with van der Waals surface area (Å²) in [5, 5.41) is 4.26. The number of thioether (sulfide) groups is 1. The van der Waals surface area contributed by atoms with Gasteiger partial charge >= 0.3 is 5.69 Å². The third kappa shape index (κ3) is 2.45. The molecule has 7 heteroatoms. The van der Waals surface area contributed by atoms with Crippen LogP contribution in [-0.4, -0.2) is 31.5 Å². The second-order valence-corrected chi connectivity index (χ2v) is 6.90. The van der Waals surface area contributed by atoms with Crippen molar-refractivity contribution in [3.8, 4) is 0 Å². The van der Waals surface area contributed by atoms with Crippen LogP contribution in [0.5, 0.6) is 0 Å². The highest BCUT2D eigenvalue weighted by Crippen LogP contribution is 2.41. The van der Waals surface area contributed by atoms with Crippen LogP contribution in [0.25, 0.3) is 0 Å². The molecule has 0 spiro atoms. The van der Waals surface area contributed by atoms with Crippen LogP contribution in [-0.2, 0) is 18.4 Å². The first-order valence-corrected chi connectivity index (χ1v) is 8.03. The van der Waals surface area contributed by atoms with Crippen LogP contribution >= 0.6 is 11.8 Å². The minimum atomic E-state index is -0.284. The SMILES string of the molecule is C[C@@H]1Sc2ccccc2N(C(=O)Cn2ncn(C)c2=O)[C@H]1C. The first-order chi connectivity index (χ1) is 10.5. The standard InChI is InChI=1S/C15H18N4O2S/c1-10-11(2)22-13-7-5-4-6-12(13)19(10)14(20)8-18-15(21)17(3)9-16-18/h4-7,9-11H,8H2,1-3H3/t10-,11-/m0/s1. The summed E-state index contributed by atoms with van der Waals surface area (Å²) in [5.74, 6) is -0.118. The summed E-state index contributed by atoms with van der Waals surface area (Å²) in [5.41, 5.74) is 0.626. The summed E-state index contributed by atoms with van der Waals surface area (Å²) in [7, 11) is 1.62. The van der Waals surface area contributed by atoms with Gasteiger partial charge in [-0.1, -0.05) is 19.1 Å². The number of anilines is 1. The van der Waals surface area contributed by atoms with E-state index in [1.807, 2.05) is 31.2 Å². The fourth-order valence-electron chi connectivity index (χ4n) is 2.58. The molecular weight excluding hydrogens is 300 g/mol. The predicted octanol–water partition coefficient (Wildman–Crippen LogP) is 1.50. The Labute approximate surface area is 132 Å². The lowest BCUT2D eigenvalue weighted by molar-refractivity contribution is -0.119. The van der Waals surface area contributed by atoms with Crippen LogP contribution in [0, 0.1) is 0 Å². The Bertz CT molecular complexity index is 767. The quantitative estimate of drug-likeness (QED) is 0.842. The first kappa shape index (κ1) is 14.9. The molecule has 1 aliphatic rings. The van der Waals surface area contributed by atoms with Crippen LogP contribution in [0.1, 0.15) is 13.8 Å². The second-order valence-electron chi connectivity index (χ2n) is 5.48. The molecule has 2 heterocycles. The van der Waals surface area contributed by atoms with E-state index in [4.69, 9.17) is 0 Å². The van der Waals surface area contributed by atoms with Crippen molar-refractivity contribution in [3.05, 3.63) is 41.1 Å². The number of rotatable bonds is 2. The van der Waals surface area contributed by atoms with Crippen molar-refractivity contribution >= 4 is 23.4 Å². The van der Waals surface area contributed by atoms with Crippen LogP contribution in [0.15, 0.2) is 40.3 Å². The molecule has 1 amide bonds. The van der Waals surface area contributed by atoms with E-state index >= 15 is 0 Å². The Morgan fingerprint density at radius 3 is 2.73 bits per heavy atom. The lowest BCUT2D eigenvalue weighted by Crippen LogP contribution is -2.48.